The van der Waals surface area contributed by atoms with E-state index in [2.05, 4.69) is 0 Å². The maximum atomic E-state index is 13.5. The number of hydrogen-bond donors (Lipinski definition) is 0. The summed E-state index contributed by atoms with van der Waals surface area (Å²) in [6.07, 6.45) is -4.61. The summed E-state index contributed by atoms with van der Waals surface area (Å²) in [5, 5.41) is 0.495. The first kappa shape index (κ1) is 26.3. The zero-order valence-corrected chi connectivity index (χ0v) is 20.1. The van der Waals surface area contributed by atoms with Crippen molar-refractivity contribution in [3.63, 3.8) is 0 Å². The minimum absolute atomic E-state index is 0.0449. The van der Waals surface area contributed by atoms with Crippen molar-refractivity contribution in [2.75, 3.05) is 7.11 Å². The molecule has 3 aromatic rings. The van der Waals surface area contributed by atoms with Crippen LogP contribution in [-0.2, 0) is 35.2 Å². The largest absolute Gasteiger partial charge is 0.469 e. The van der Waals surface area contributed by atoms with Gasteiger partial charge in [0.1, 0.15) is 0 Å². The van der Waals surface area contributed by atoms with Crippen LogP contribution in [0.4, 0.5) is 13.2 Å². The van der Waals surface area contributed by atoms with Gasteiger partial charge < -0.3 is 4.74 Å². The summed E-state index contributed by atoms with van der Waals surface area (Å²) in [5.74, 6) is -0.596. The summed E-state index contributed by atoms with van der Waals surface area (Å²) in [7, 11) is 1.21. The Labute approximate surface area is 204 Å². The van der Waals surface area contributed by atoms with Gasteiger partial charge in [0.15, 0.2) is 0 Å². The molecule has 0 atom stereocenters. The quantitative estimate of drug-likeness (QED) is 0.440. The second-order valence-corrected chi connectivity index (χ2v) is 9.24. The molecule has 10 heteroatoms. The van der Waals surface area contributed by atoms with E-state index in [-0.39, 0.29) is 30.8 Å². The van der Waals surface area contributed by atoms with E-state index in [9.17, 15) is 27.6 Å². The Hall–Kier alpha value is -3.33. The van der Waals surface area contributed by atoms with Crippen LogP contribution < -0.4 is 11.2 Å². The van der Waals surface area contributed by atoms with Gasteiger partial charge in [-0.3, -0.25) is 18.7 Å². The first-order valence-electron chi connectivity index (χ1n) is 10.6. The lowest BCUT2D eigenvalue weighted by molar-refractivity contribution is -0.151. The number of alkyl halides is 3. The van der Waals surface area contributed by atoms with Crippen LogP contribution in [0, 0.1) is 5.41 Å². The Morgan fingerprint density at radius 1 is 0.971 bits per heavy atom. The molecule has 0 radical (unpaired) electrons. The van der Waals surface area contributed by atoms with Gasteiger partial charge in [0.05, 0.1) is 24.6 Å². The number of rotatable bonds is 7. The van der Waals surface area contributed by atoms with Gasteiger partial charge in [-0.2, -0.15) is 13.2 Å². The molecule has 0 aliphatic rings. The molecule has 0 aliphatic heterocycles. The summed E-state index contributed by atoms with van der Waals surface area (Å²) >= 11 is 5.95. The Kier molecular flexibility index (Phi) is 7.59. The van der Waals surface area contributed by atoms with Gasteiger partial charge >= 0.3 is 17.8 Å². The lowest BCUT2D eigenvalue weighted by Gasteiger charge is -2.23. The molecule has 0 spiro atoms. The maximum absolute atomic E-state index is 13.5. The number of benzene rings is 2. The van der Waals surface area contributed by atoms with Crippen molar-refractivity contribution in [1.29, 1.82) is 0 Å². The van der Waals surface area contributed by atoms with E-state index >= 15 is 0 Å². The molecule has 0 saturated heterocycles. The number of halogens is 4. The number of ether oxygens (including phenoxy) is 1. The van der Waals surface area contributed by atoms with E-state index in [1.165, 1.54) is 29.9 Å². The number of aromatic nitrogens is 2. The van der Waals surface area contributed by atoms with Crippen molar-refractivity contribution in [3.05, 3.63) is 103 Å². The third kappa shape index (κ3) is 6.22. The van der Waals surface area contributed by atoms with Crippen LogP contribution >= 0.6 is 11.6 Å². The summed E-state index contributed by atoms with van der Waals surface area (Å²) in [5.41, 5.74) is -2.13. The van der Waals surface area contributed by atoms with Crippen LogP contribution in [0.1, 0.15) is 36.2 Å². The monoisotopic (exact) mass is 508 g/mol. The molecule has 2 aromatic carbocycles. The van der Waals surface area contributed by atoms with Crippen LogP contribution in [0.3, 0.4) is 0 Å². The van der Waals surface area contributed by atoms with E-state index in [1.54, 1.807) is 38.1 Å². The third-order valence-electron chi connectivity index (χ3n) is 5.55. The Balaban J connectivity index is 2.12. The molecule has 1 aromatic heterocycles. The summed E-state index contributed by atoms with van der Waals surface area (Å²) in [4.78, 5) is 38.5. The van der Waals surface area contributed by atoms with Gasteiger partial charge in [-0.25, -0.2) is 4.79 Å². The fraction of sp³-hybridized carbons (Fsp3) is 0.320. The van der Waals surface area contributed by atoms with E-state index in [0.29, 0.717) is 10.6 Å². The molecule has 0 saturated carbocycles. The molecule has 0 aliphatic carbocycles. The SMILES string of the molecule is COC(=O)C(C)(C)Cn1c(=O)cc(Cc2cccc(C(F)(F)F)c2)n(Cc2ccc(Cl)cc2)c1=O. The van der Waals surface area contributed by atoms with Gasteiger partial charge in [-0.1, -0.05) is 41.9 Å². The van der Waals surface area contributed by atoms with Crippen LogP contribution in [-0.4, -0.2) is 22.2 Å². The molecule has 3 rings (SSSR count). The second-order valence-electron chi connectivity index (χ2n) is 8.81. The number of carbonyl (C=O) groups excluding carboxylic acids is 1. The number of hydrogen-bond acceptors (Lipinski definition) is 4. The molecule has 0 amide bonds. The highest BCUT2D eigenvalue weighted by Gasteiger charge is 2.32. The predicted molar refractivity (Wildman–Crippen MR) is 126 cm³/mol. The number of carbonyl (C=O) groups is 1. The number of esters is 1. The smallest absolute Gasteiger partial charge is 0.416 e. The van der Waals surface area contributed by atoms with Gasteiger partial charge in [0.25, 0.3) is 5.56 Å². The maximum Gasteiger partial charge on any atom is 0.416 e. The molecule has 6 nitrogen and oxygen atoms in total. The highest BCUT2D eigenvalue weighted by molar-refractivity contribution is 6.30. The summed E-state index contributed by atoms with van der Waals surface area (Å²) in [6, 6.07) is 12.6. The molecule has 0 bridgehead atoms. The van der Waals surface area contributed by atoms with E-state index in [4.69, 9.17) is 16.3 Å². The van der Waals surface area contributed by atoms with Gasteiger partial charge in [0, 0.05) is 29.7 Å². The number of methoxy groups -OCH3 is 1. The zero-order chi connectivity index (χ0) is 26.0. The highest BCUT2D eigenvalue weighted by atomic mass is 35.5. The third-order valence-corrected chi connectivity index (χ3v) is 5.80. The second kappa shape index (κ2) is 10.1. The molecule has 0 fully saturated rings. The Morgan fingerprint density at radius 3 is 2.23 bits per heavy atom. The van der Waals surface area contributed by atoms with Crippen molar-refractivity contribution in [3.8, 4) is 0 Å². The fourth-order valence-electron chi connectivity index (χ4n) is 3.70. The summed E-state index contributed by atoms with van der Waals surface area (Å²) in [6.45, 7) is 2.90. The van der Waals surface area contributed by atoms with Crippen LogP contribution in [0.5, 0.6) is 0 Å². The zero-order valence-electron chi connectivity index (χ0n) is 19.4. The highest BCUT2D eigenvalue weighted by Crippen LogP contribution is 2.30. The molecular formula is C25H24ClF3N2O4. The van der Waals surface area contributed by atoms with Crippen molar-refractivity contribution in [1.82, 2.24) is 9.13 Å². The van der Waals surface area contributed by atoms with Gasteiger partial charge in [-0.15, -0.1) is 0 Å². The minimum atomic E-state index is -4.53. The molecular weight excluding hydrogens is 485 g/mol. The van der Waals surface area contributed by atoms with Crippen LogP contribution in [0.2, 0.25) is 5.02 Å². The normalized spacial score (nSPS) is 12.0. The molecule has 186 valence electrons. The summed E-state index contributed by atoms with van der Waals surface area (Å²) < 4.78 is 46.6. The van der Waals surface area contributed by atoms with Crippen molar-refractivity contribution < 1.29 is 22.7 Å². The first-order valence-corrected chi connectivity index (χ1v) is 11.0. The van der Waals surface area contributed by atoms with E-state index in [0.717, 1.165) is 16.7 Å². The average molecular weight is 509 g/mol. The molecule has 0 unspecified atom stereocenters. The standard InChI is InChI=1S/C25H24ClF3N2O4/c1-24(2,22(33)35-3)15-31-21(32)13-20(12-17-5-4-6-18(11-17)25(27,28)29)30(23(31)34)14-16-7-9-19(26)10-8-16/h4-11,13H,12,14-15H2,1-3H3. The van der Waals surface area contributed by atoms with E-state index in [1.807, 2.05) is 0 Å². The topological polar surface area (TPSA) is 70.3 Å². The Bertz CT molecular complexity index is 1340. The lowest BCUT2D eigenvalue weighted by Crippen LogP contribution is -2.45. The fourth-order valence-corrected chi connectivity index (χ4v) is 3.82. The van der Waals surface area contributed by atoms with Crippen LogP contribution in [0.25, 0.3) is 0 Å². The molecule has 0 N–H and O–H groups in total. The lowest BCUT2D eigenvalue weighted by atomic mass is 9.93. The van der Waals surface area contributed by atoms with Crippen molar-refractivity contribution in [2.24, 2.45) is 5.41 Å². The average Bonchev–Trinajstić information content (AvgIpc) is 2.79. The predicted octanol–water partition coefficient (Wildman–Crippen LogP) is 4.52. The molecule has 1 heterocycles. The number of nitrogens with zero attached hydrogens (tertiary/aromatic N) is 2. The Morgan fingerprint density at radius 2 is 1.63 bits per heavy atom. The van der Waals surface area contributed by atoms with Crippen molar-refractivity contribution in [2.45, 2.75) is 39.5 Å². The van der Waals surface area contributed by atoms with Gasteiger partial charge in [0.2, 0.25) is 0 Å². The van der Waals surface area contributed by atoms with E-state index < -0.39 is 34.4 Å². The van der Waals surface area contributed by atoms with Gasteiger partial charge in [-0.05, 0) is 43.2 Å². The van der Waals surface area contributed by atoms with Crippen molar-refractivity contribution >= 4 is 17.6 Å². The first-order chi connectivity index (χ1) is 16.3. The minimum Gasteiger partial charge on any atom is -0.469 e. The van der Waals surface area contributed by atoms with Crippen LogP contribution in [0.15, 0.2) is 64.2 Å². The molecule has 35 heavy (non-hydrogen) atoms.